The third-order valence-corrected chi connectivity index (χ3v) is 8.06. The van der Waals surface area contributed by atoms with Crippen LogP contribution in [0.4, 0.5) is 0 Å². The maximum absolute atomic E-state index is 13.0. The molecule has 2 aromatic rings. The number of benzene rings is 2. The van der Waals surface area contributed by atoms with Crippen LogP contribution in [0.15, 0.2) is 36.4 Å². The molecule has 2 aliphatic heterocycles. The van der Waals surface area contributed by atoms with E-state index in [1.165, 1.54) is 37.1 Å². The molecule has 1 atom stereocenters. The van der Waals surface area contributed by atoms with E-state index >= 15 is 0 Å². The van der Waals surface area contributed by atoms with Crippen LogP contribution in [0.1, 0.15) is 54.7 Å². The van der Waals surface area contributed by atoms with Gasteiger partial charge in [0.25, 0.3) is 0 Å². The van der Waals surface area contributed by atoms with E-state index < -0.39 is 6.04 Å². The Morgan fingerprint density at radius 2 is 1.62 bits per heavy atom. The standard InChI is InChI=1S/C27H34Cl3N3O/c28-22-7-8-24(20(16-22)4-3-13-32-11-1-2-12-32)19-9-14-33(15-10-19)27(34)26(31)17-21-5-6-23(29)18-25(21)30/h5-8,16,18-19,26H,1-4,9-15,17,31H2/t26-/m1/s1. The highest BCUT2D eigenvalue weighted by Crippen LogP contribution is 2.33. The van der Waals surface area contributed by atoms with Crippen LogP contribution >= 0.6 is 34.8 Å². The Hall–Kier alpha value is -1.30. The van der Waals surface area contributed by atoms with Crippen LogP contribution in [0.2, 0.25) is 15.1 Å². The van der Waals surface area contributed by atoms with Gasteiger partial charge in [-0.1, -0.05) is 46.9 Å². The van der Waals surface area contributed by atoms with E-state index in [9.17, 15) is 4.79 Å². The zero-order chi connectivity index (χ0) is 24.1. The summed E-state index contributed by atoms with van der Waals surface area (Å²) in [5, 5.41) is 1.93. The fourth-order valence-electron chi connectivity index (χ4n) is 5.35. The zero-order valence-electron chi connectivity index (χ0n) is 19.6. The van der Waals surface area contributed by atoms with E-state index in [2.05, 4.69) is 17.0 Å². The summed E-state index contributed by atoms with van der Waals surface area (Å²) in [5.41, 5.74) is 9.89. The summed E-state index contributed by atoms with van der Waals surface area (Å²) in [6.07, 6.45) is 7.17. The highest BCUT2D eigenvalue weighted by Gasteiger charge is 2.28. The fourth-order valence-corrected chi connectivity index (χ4v) is 6.03. The van der Waals surface area contributed by atoms with Gasteiger partial charge in [0, 0.05) is 28.2 Å². The molecular formula is C27H34Cl3N3O. The third-order valence-electron chi connectivity index (χ3n) is 7.24. The van der Waals surface area contributed by atoms with Crippen LogP contribution in [0.3, 0.4) is 0 Å². The zero-order valence-corrected chi connectivity index (χ0v) is 21.9. The monoisotopic (exact) mass is 521 g/mol. The molecule has 184 valence electrons. The number of hydrogen-bond donors (Lipinski definition) is 1. The van der Waals surface area contributed by atoms with Crippen molar-refractivity contribution in [2.24, 2.45) is 5.73 Å². The Kier molecular flexibility index (Phi) is 9.17. The summed E-state index contributed by atoms with van der Waals surface area (Å²) >= 11 is 18.6. The molecule has 34 heavy (non-hydrogen) atoms. The van der Waals surface area contributed by atoms with Gasteiger partial charge in [0.2, 0.25) is 5.91 Å². The number of carbonyl (C=O) groups excluding carboxylic acids is 1. The molecule has 2 N–H and O–H groups in total. The molecule has 0 spiro atoms. The molecular weight excluding hydrogens is 489 g/mol. The average molecular weight is 523 g/mol. The minimum atomic E-state index is -0.605. The minimum absolute atomic E-state index is 0.00795. The Labute approximate surface area is 218 Å². The normalized spacial score (nSPS) is 18.4. The number of nitrogens with zero attached hydrogens (tertiary/aromatic N) is 2. The molecule has 4 rings (SSSR count). The smallest absolute Gasteiger partial charge is 0.239 e. The van der Waals surface area contributed by atoms with E-state index in [1.54, 1.807) is 12.1 Å². The van der Waals surface area contributed by atoms with Gasteiger partial charge in [0.1, 0.15) is 0 Å². The molecule has 0 aromatic heterocycles. The van der Waals surface area contributed by atoms with Gasteiger partial charge in [-0.05, 0) is 111 Å². The molecule has 0 aliphatic carbocycles. The third kappa shape index (κ3) is 6.67. The van der Waals surface area contributed by atoms with Crippen molar-refractivity contribution in [1.29, 1.82) is 0 Å². The van der Waals surface area contributed by atoms with E-state index in [0.717, 1.165) is 55.9 Å². The van der Waals surface area contributed by atoms with Gasteiger partial charge in [-0.3, -0.25) is 4.79 Å². The van der Waals surface area contributed by atoms with E-state index in [0.29, 0.717) is 22.4 Å². The van der Waals surface area contributed by atoms with Crippen LogP contribution < -0.4 is 5.73 Å². The molecule has 2 saturated heterocycles. The molecule has 2 fully saturated rings. The van der Waals surface area contributed by atoms with Crippen molar-refractivity contribution in [3.05, 3.63) is 68.2 Å². The van der Waals surface area contributed by atoms with Crippen LogP contribution in [-0.4, -0.2) is 54.5 Å². The summed E-state index contributed by atoms with van der Waals surface area (Å²) in [6, 6.07) is 11.1. The first-order valence-corrected chi connectivity index (χ1v) is 13.5. The summed E-state index contributed by atoms with van der Waals surface area (Å²) in [4.78, 5) is 17.5. The highest BCUT2D eigenvalue weighted by atomic mass is 35.5. The summed E-state index contributed by atoms with van der Waals surface area (Å²) < 4.78 is 0. The first-order valence-electron chi connectivity index (χ1n) is 12.4. The van der Waals surface area contributed by atoms with Crippen LogP contribution in [-0.2, 0) is 17.6 Å². The van der Waals surface area contributed by atoms with Crippen molar-refractivity contribution in [2.45, 2.75) is 56.9 Å². The lowest BCUT2D eigenvalue weighted by atomic mass is 9.85. The lowest BCUT2D eigenvalue weighted by Gasteiger charge is -2.34. The molecule has 1 amide bonds. The topological polar surface area (TPSA) is 49.6 Å². The van der Waals surface area contributed by atoms with Gasteiger partial charge in [0.15, 0.2) is 0 Å². The average Bonchev–Trinajstić information content (AvgIpc) is 3.34. The number of aryl methyl sites for hydroxylation is 1. The second-order valence-corrected chi connectivity index (χ2v) is 10.9. The first-order chi connectivity index (χ1) is 16.4. The maximum atomic E-state index is 13.0. The second-order valence-electron chi connectivity index (χ2n) is 9.64. The largest absolute Gasteiger partial charge is 0.341 e. The number of amides is 1. The number of carbonyl (C=O) groups is 1. The second kappa shape index (κ2) is 12.1. The van der Waals surface area contributed by atoms with Crippen molar-refractivity contribution in [2.75, 3.05) is 32.7 Å². The number of halogens is 3. The summed E-state index contributed by atoms with van der Waals surface area (Å²) in [7, 11) is 0. The SMILES string of the molecule is N[C@H](Cc1ccc(Cl)cc1Cl)C(=O)N1CCC(c2ccc(Cl)cc2CCCN2CCCC2)CC1. The number of nitrogens with two attached hydrogens (primary N) is 1. The quantitative estimate of drug-likeness (QED) is 0.466. The first kappa shape index (κ1) is 25.8. The van der Waals surface area contributed by atoms with Crippen molar-refractivity contribution < 1.29 is 4.79 Å². The summed E-state index contributed by atoms with van der Waals surface area (Å²) in [5.74, 6) is 0.441. The maximum Gasteiger partial charge on any atom is 0.239 e. The van der Waals surface area contributed by atoms with Gasteiger partial charge in [-0.15, -0.1) is 0 Å². The van der Waals surface area contributed by atoms with Gasteiger partial charge < -0.3 is 15.5 Å². The summed E-state index contributed by atoms with van der Waals surface area (Å²) in [6.45, 7) is 5.08. The van der Waals surface area contributed by atoms with Crippen LogP contribution in [0.5, 0.6) is 0 Å². The molecule has 0 radical (unpaired) electrons. The van der Waals surface area contributed by atoms with Gasteiger partial charge in [-0.25, -0.2) is 0 Å². The molecule has 2 heterocycles. The van der Waals surface area contributed by atoms with Crippen LogP contribution in [0, 0.1) is 0 Å². The van der Waals surface area contributed by atoms with Gasteiger partial charge >= 0.3 is 0 Å². The molecule has 0 bridgehead atoms. The van der Waals surface area contributed by atoms with Crippen molar-refractivity contribution in [1.82, 2.24) is 9.80 Å². The van der Waals surface area contributed by atoms with E-state index in [1.807, 2.05) is 17.0 Å². The molecule has 0 unspecified atom stereocenters. The van der Waals surface area contributed by atoms with Crippen molar-refractivity contribution >= 4 is 40.7 Å². The number of piperidine rings is 1. The van der Waals surface area contributed by atoms with E-state index in [4.69, 9.17) is 40.5 Å². The molecule has 0 saturated carbocycles. The van der Waals surface area contributed by atoms with Crippen LogP contribution in [0.25, 0.3) is 0 Å². The predicted octanol–water partition coefficient (Wildman–Crippen LogP) is 5.95. The van der Waals surface area contributed by atoms with E-state index in [-0.39, 0.29) is 5.91 Å². The van der Waals surface area contributed by atoms with Gasteiger partial charge in [-0.2, -0.15) is 0 Å². The lowest BCUT2D eigenvalue weighted by molar-refractivity contribution is -0.133. The van der Waals surface area contributed by atoms with Gasteiger partial charge in [0.05, 0.1) is 6.04 Å². The molecule has 4 nitrogen and oxygen atoms in total. The minimum Gasteiger partial charge on any atom is -0.341 e. The predicted molar refractivity (Wildman–Crippen MR) is 142 cm³/mol. The Morgan fingerprint density at radius 1 is 0.941 bits per heavy atom. The molecule has 2 aliphatic rings. The molecule has 7 heteroatoms. The Morgan fingerprint density at radius 3 is 2.32 bits per heavy atom. The fraction of sp³-hybridized carbons (Fsp3) is 0.519. The number of likely N-dealkylation sites (tertiary alicyclic amines) is 2. The number of hydrogen-bond acceptors (Lipinski definition) is 3. The lowest BCUT2D eigenvalue weighted by Crippen LogP contribution is -2.47. The van der Waals surface area contributed by atoms with Crippen molar-refractivity contribution in [3.63, 3.8) is 0 Å². The highest BCUT2D eigenvalue weighted by molar-refractivity contribution is 6.35. The van der Waals surface area contributed by atoms with Crippen molar-refractivity contribution in [3.8, 4) is 0 Å². The Bertz CT molecular complexity index is 985. The number of rotatable bonds is 8. The Balaban J connectivity index is 1.32. The molecule has 2 aromatic carbocycles.